The van der Waals surface area contributed by atoms with Crippen LogP contribution in [-0.2, 0) is 65.4 Å². The molecule has 3 N–H and O–H groups in total. The Morgan fingerprint density at radius 1 is 0.284 bits per heavy atom. The maximum absolute atomic E-state index is 13.1. The highest BCUT2D eigenvalue weighted by atomic mass is 31.2. The van der Waals surface area contributed by atoms with Crippen LogP contribution in [-0.4, -0.2) is 96.7 Å². The van der Waals surface area contributed by atoms with Crippen LogP contribution in [0.1, 0.15) is 323 Å². The number of phosphoric acid groups is 2. The second-order valence-corrected chi connectivity index (χ2v) is 29.2. The van der Waals surface area contributed by atoms with Crippen molar-refractivity contribution in [3.05, 3.63) is 122 Å². The molecule has 0 radical (unpaired) electrons. The van der Waals surface area contributed by atoms with Gasteiger partial charge in [-0.2, -0.15) is 0 Å². The molecule has 0 aromatic rings. The summed E-state index contributed by atoms with van der Waals surface area (Å²) in [6.45, 7) is 4.56. The standard InChI is InChI=1S/C83H142O17P2/c1-5-9-13-17-21-25-29-32-35-37-38-40-43-45-49-52-56-60-64-68-80(85)93-73-78(99-82(87)69-65-61-57-53-47-28-24-20-16-12-8-4)75-97-101(89,90)95-71-77(84)72-96-102(91,92)98-76-79(100-83(88)70-66-62-58-54-50-46-41-34-31-27-23-19-15-11-7-3)74-94-81(86)67-63-59-55-51-48-44-42-39-36-33-30-26-22-18-14-10-6-2/h9-10,13-14,21-22,25-26,32-33,35-36,38,40,42,44-45,49,56,60,77-79,84H,5-8,11-12,15-20,23-24,27-31,34,37,39,41,43,46-48,50-55,57-59,61-76H2,1-4H3,(H,89,90)(H,91,92)/b13-9-,14-10-,25-21-,26-22-,35-32-,36-33-,40-38-,44-42-,49-45-,60-56-. The summed E-state index contributed by atoms with van der Waals surface area (Å²) in [5.41, 5.74) is 0. The van der Waals surface area contributed by atoms with Gasteiger partial charge in [0.25, 0.3) is 0 Å². The third-order valence-corrected chi connectivity index (χ3v) is 18.4. The quantitative estimate of drug-likeness (QED) is 0.0169. The van der Waals surface area contributed by atoms with Gasteiger partial charge in [0.15, 0.2) is 12.2 Å². The Hall–Kier alpha value is -4.54. The molecule has 102 heavy (non-hydrogen) atoms. The van der Waals surface area contributed by atoms with E-state index in [0.717, 1.165) is 135 Å². The SMILES string of the molecule is CC/C=C\C/C=C\C/C=C\C/C=C\C/C=C\C/C=C\CCC(=O)OCC(COP(=O)(O)OCC(O)COP(=O)(O)OCC(COC(=O)CCCCCC/C=C\C/C=C\C/C=C\C/C=C\CC)OC(=O)CCCCCCCCCCCCCCCCC)OC(=O)CCCCCCCCCCCCC. The number of unbranched alkanes of at least 4 members (excludes halogenated alkanes) is 28. The van der Waals surface area contributed by atoms with Crippen molar-refractivity contribution in [2.45, 2.75) is 341 Å². The van der Waals surface area contributed by atoms with Gasteiger partial charge in [-0.3, -0.25) is 37.3 Å². The summed E-state index contributed by atoms with van der Waals surface area (Å²) in [5.74, 6) is -2.29. The number of carbonyl (C=O) groups is 4. The minimum absolute atomic E-state index is 0.0362. The Morgan fingerprint density at radius 2 is 0.529 bits per heavy atom. The fraction of sp³-hybridized carbons (Fsp3) is 0.711. The van der Waals surface area contributed by atoms with Crippen LogP contribution in [0.5, 0.6) is 0 Å². The predicted octanol–water partition coefficient (Wildman–Crippen LogP) is 23.1. The number of rotatable bonds is 74. The van der Waals surface area contributed by atoms with Crippen molar-refractivity contribution >= 4 is 39.5 Å². The summed E-state index contributed by atoms with van der Waals surface area (Å²) < 4.78 is 68.5. The molecule has 0 aliphatic rings. The third kappa shape index (κ3) is 73.8. The van der Waals surface area contributed by atoms with Crippen LogP contribution in [0.25, 0.3) is 0 Å². The molecule has 0 spiro atoms. The van der Waals surface area contributed by atoms with E-state index in [9.17, 15) is 43.2 Å². The first-order chi connectivity index (χ1) is 49.7. The molecule has 0 saturated heterocycles. The second-order valence-electron chi connectivity index (χ2n) is 26.3. The van der Waals surface area contributed by atoms with Crippen LogP contribution in [0.2, 0.25) is 0 Å². The first-order valence-electron chi connectivity index (χ1n) is 39.8. The Labute approximate surface area is 619 Å². The minimum atomic E-state index is -4.99. The summed E-state index contributed by atoms with van der Waals surface area (Å²) in [4.78, 5) is 72.9. The van der Waals surface area contributed by atoms with Crippen molar-refractivity contribution in [3.63, 3.8) is 0 Å². The largest absolute Gasteiger partial charge is 0.472 e. The lowest BCUT2D eigenvalue weighted by Crippen LogP contribution is -2.30. The number of phosphoric ester groups is 2. The third-order valence-electron chi connectivity index (χ3n) is 16.5. The lowest BCUT2D eigenvalue weighted by molar-refractivity contribution is -0.161. The summed E-state index contributed by atoms with van der Waals surface area (Å²) >= 11 is 0. The van der Waals surface area contributed by atoms with E-state index in [-0.39, 0.29) is 25.7 Å². The van der Waals surface area contributed by atoms with E-state index in [1.807, 2.05) is 18.2 Å². The van der Waals surface area contributed by atoms with E-state index < -0.39 is 97.5 Å². The molecule has 17 nitrogen and oxygen atoms in total. The van der Waals surface area contributed by atoms with Gasteiger partial charge in [-0.05, 0) is 103 Å². The molecular formula is C83H142O17P2. The number of hydrogen-bond acceptors (Lipinski definition) is 15. The Bertz CT molecular complexity index is 2410. The number of ether oxygens (including phenoxy) is 4. The van der Waals surface area contributed by atoms with Crippen molar-refractivity contribution in [1.29, 1.82) is 0 Å². The number of aliphatic hydroxyl groups excluding tert-OH is 1. The molecular weight excluding hydrogens is 1330 g/mol. The van der Waals surface area contributed by atoms with Crippen molar-refractivity contribution in [3.8, 4) is 0 Å². The average Bonchev–Trinajstić information content (AvgIpc) is 0.926. The van der Waals surface area contributed by atoms with Gasteiger partial charge in [0.2, 0.25) is 0 Å². The molecule has 19 heteroatoms. The summed E-state index contributed by atoms with van der Waals surface area (Å²) in [7, 11) is -9.97. The lowest BCUT2D eigenvalue weighted by atomic mass is 10.0. The second kappa shape index (κ2) is 74.7. The van der Waals surface area contributed by atoms with E-state index in [1.54, 1.807) is 0 Å². The molecule has 0 heterocycles. The van der Waals surface area contributed by atoms with Crippen LogP contribution in [0.3, 0.4) is 0 Å². The highest BCUT2D eigenvalue weighted by Gasteiger charge is 2.30. The first-order valence-corrected chi connectivity index (χ1v) is 42.8. The maximum Gasteiger partial charge on any atom is 0.472 e. The van der Waals surface area contributed by atoms with E-state index in [2.05, 4.69) is 131 Å². The zero-order chi connectivity index (χ0) is 74.6. The highest BCUT2D eigenvalue weighted by Crippen LogP contribution is 2.45. The normalized spacial score (nSPS) is 14.5. The predicted molar refractivity (Wildman–Crippen MR) is 418 cm³/mol. The molecule has 0 rings (SSSR count). The maximum atomic E-state index is 13.1. The van der Waals surface area contributed by atoms with Crippen molar-refractivity contribution in [1.82, 2.24) is 0 Å². The first kappa shape index (κ1) is 97.5. The van der Waals surface area contributed by atoms with Gasteiger partial charge < -0.3 is 33.8 Å². The van der Waals surface area contributed by atoms with Crippen LogP contribution in [0, 0.1) is 0 Å². The van der Waals surface area contributed by atoms with Crippen LogP contribution >= 0.6 is 15.6 Å². The molecule has 0 aliphatic carbocycles. The number of esters is 4. The monoisotopic (exact) mass is 1470 g/mol. The molecule has 586 valence electrons. The fourth-order valence-corrected chi connectivity index (χ4v) is 12.1. The van der Waals surface area contributed by atoms with Gasteiger partial charge in [0.05, 0.1) is 26.4 Å². The van der Waals surface area contributed by atoms with Gasteiger partial charge in [0.1, 0.15) is 19.3 Å². The molecule has 5 atom stereocenters. The molecule has 0 aromatic carbocycles. The molecule has 5 unspecified atom stereocenters. The topological polar surface area (TPSA) is 237 Å². The molecule has 0 bridgehead atoms. The van der Waals surface area contributed by atoms with Crippen LogP contribution in [0.4, 0.5) is 0 Å². The van der Waals surface area contributed by atoms with Crippen molar-refractivity contribution in [2.75, 3.05) is 39.6 Å². The molecule has 0 saturated carbocycles. The minimum Gasteiger partial charge on any atom is -0.462 e. The van der Waals surface area contributed by atoms with E-state index in [1.165, 1.54) is 103 Å². The fourth-order valence-electron chi connectivity index (χ4n) is 10.5. The highest BCUT2D eigenvalue weighted by molar-refractivity contribution is 7.47. The number of carbonyl (C=O) groups excluding carboxylic acids is 4. The van der Waals surface area contributed by atoms with Crippen LogP contribution < -0.4 is 0 Å². The Kier molecular flexibility index (Phi) is 71.4. The molecule has 0 fully saturated rings. The Balaban J connectivity index is 5.39. The number of allylic oxidation sites excluding steroid dienone is 20. The van der Waals surface area contributed by atoms with E-state index in [4.69, 9.17) is 37.0 Å². The average molecular weight is 1470 g/mol. The van der Waals surface area contributed by atoms with Gasteiger partial charge in [-0.25, -0.2) is 9.13 Å². The van der Waals surface area contributed by atoms with Gasteiger partial charge in [0, 0.05) is 25.7 Å². The number of hydrogen-bond donors (Lipinski definition) is 3. The van der Waals surface area contributed by atoms with Crippen LogP contribution in [0.15, 0.2) is 122 Å². The summed E-state index contributed by atoms with van der Waals surface area (Å²) in [5, 5.41) is 10.6. The zero-order valence-corrected chi connectivity index (χ0v) is 65.8. The Morgan fingerprint density at radius 3 is 0.843 bits per heavy atom. The smallest absolute Gasteiger partial charge is 0.462 e. The number of aliphatic hydroxyl groups is 1. The van der Waals surface area contributed by atoms with Crippen molar-refractivity contribution < 1.29 is 80.2 Å². The summed E-state index contributed by atoms with van der Waals surface area (Å²) in [6.07, 6.45) is 82.0. The molecule has 0 aromatic heterocycles. The molecule has 0 aliphatic heterocycles. The van der Waals surface area contributed by atoms with E-state index >= 15 is 0 Å². The van der Waals surface area contributed by atoms with Gasteiger partial charge in [-0.1, -0.05) is 316 Å². The van der Waals surface area contributed by atoms with Crippen molar-refractivity contribution in [2.24, 2.45) is 0 Å². The van der Waals surface area contributed by atoms with Gasteiger partial charge >= 0.3 is 39.5 Å². The summed E-state index contributed by atoms with van der Waals surface area (Å²) in [6, 6.07) is 0. The van der Waals surface area contributed by atoms with E-state index in [0.29, 0.717) is 32.1 Å². The van der Waals surface area contributed by atoms with Gasteiger partial charge in [-0.15, -0.1) is 0 Å². The lowest BCUT2D eigenvalue weighted by Gasteiger charge is -2.21. The molecule has 0 amide bonds. The zero-order valence-electron chi connectivity index (χ0n) is 64.0.